The maximum Gasteiger partial charge on any atom is 1.00 e. The van der Waals surface area contributed by atoms with E-state index in [0.717, 1.165) is 6.08 Å². The molecule has 16 heteroatoms. The fourth-order valence-corrected chi connectivity index (χ4v) is 5.37. The normalized spacial score (nSPS) is 12.8. The molecule has 0 aliphatic rings. The molecule has 0 atom stereocenters. The van der Waals surface area contributed by atoms with Gasteiger partial charge in [0.25, 0.3) is 0 Å². The van der Waals surface area contributed by atoms with Crippen LogP contribution in [0.25, 0.3) is 0 Å². The van der Waals surface area contributed by atoms with E-state index in [0.29, 0.717) is 0 Å². The molecular weight excluding hydrogens is 445 g/mol. The Labute approximate surface area is 220 Å². The van der Waals surface area contributed by atoms with Crippen LogP contribution >= 0.6 is 0 Å². The molecule has 0 aliphatic carbocycles. The summed E-state index contributed by atoms with van der Waals surface area (Å²) in [7, 11) is -15.5. The molecule has 0 aliphatic heterocycles. The van der Waals surface area contributed by atoms with Gasteiger partial charge in [0.2, 0.25) is 0 Å². The van der Waals surface area contributed by atoms with Gasteiger partial charge in [-0.15, -0.1) is 0 Å². The summed E-state index contributed by atoms with van der Waals surface area (Å²) in [5, 5.41) is 0. The minimum Gasteiger partial charge on any atom is -0.748 e. The van der Waals surface area contributed by atoms with Gasteiger partial charge in [-0.25, -0.2) is 25.3 Å². The number of rotatable bonds is 10. The maximum absolute atomic E-state index is 11.0. The van der Waals surface area contributed by atoms with Crippen molar-refractivity contribution >= 4 is 30.4 Å². The van der Waals surface area contributed by atoms with Crippen LogP contribution in [0.4, 0.5) is 0 Å². The number of allylic oxidation sites excluding steroid dienone is 2. The summed E-state index contributed by atoms with van der Waals surface area (Å²) in [6.07, 6.45) is 2.45. The minimum atomic E-state index is -5.17. The molecule has 26 heavy (non-hydrogen) atoms. The van der Waals surface area contributed by atoms with E-state index in [1.54, 1.807) is 0 Å². The van der Waals surface area contributed by atoms with Gasteiger partial charge in [0.15, 0.2) is 0 Å². The molecule has 0 rings (SSSR count). The molecule has 0 bridgehead atoms. The Hall–Kier alpha value is 2.01. The Bertz CT molecular complexity index is 688. The number of hydrogen-bond donors (Lipinski definition) is 0. The fraction of sp³-hybridized carbons (Fsp3) is 0.600. The van der Waals surface area contributed by atoms with Crippen molar-refractivity contribution in [1.29, 1.82) is 0 Å². The number of ether oxygens (including phenoxy) is 1. The summed E-state index contributed by atoms with van der Waals surface area (Å²) in [6.45, 7) is 3.82. The van der Waals surface area contributed by atoms with Crippen LogP contribution in [0.5, 0.6) is 0 Å². The Morgan fingerprint density at radius 2 is 1.19 bits per heavy atom. The van der Waals surface area contributed by atoms with Crippen molar-refractivity contribution in [2.24, 2.45) is 5.41 Å². The Morgan fingerprint density at radius 3 is 1.38 bits per heavy atom. The monoisotopic (exact) mass is 460 g/mol. The van der Waals surface area contributed by atoms with Crippen LogP contribution in [0, 0.1) is 5.41 Å². The molecule has 0 amide bonds. The molecule has 0 spiro atoms. The number of hydrogen-bond acceptors (Lipinski definition) is 10. The molecule has 0 aromatic heterocycles. The zero-order valence-electron chi connectivity index (χ0n) is 15.0. The SMILES string of the molecule is C=C/C(=C\C)OCC(CS(=O)(=O)[O-])(CS(=O)(=O)[O-])CS(=O)(=O)[O-].[Na+].[Na+].[Na+]. The van der Waals surface area contributed by atoms with E-state index in [1.807, 2.05) is 0 Å². The first-order valence-corrected chi connectivity index (χ1v) is 10.6. The fourth-order valence-electron chi connectivity index (χ4n) is 1.87. The Balaban J connectivity index is -0.000000807. The molecule has 0 aromatic rings. The summed E-state index contributed by atoms with van der Waals surface area (Å²) in [5.41, 5.74) is -2.53. The molecule has 0 fully saturated rings. The van der Waals surface area contributed by atoms with Crippen LogP contribution in [0.15, 0.2) is 24.5 Å². The molecule has 10 nitrogen and oxygen atoms in total. The van der Waals surface area contributed by atoms with E-state index in [1.165, 1.54) is 13.0 Å². The van der Waals surface area contributed by atoms with Gasteiger partial charge >= 0.3 is 88.7 Å². The molecule has 136 valence electrons. The topological polar surface area (TPSA) is 181 Å². The summed E-state index contributed by atoms with van der Waals surface area (Å²) < 4.78 is 104. The van der Waals surface area contributed by atoms with E-state index >= 15 is 0 Å². The van der Waals surface area contributed by atoms with Gasteiger partial charge in [-0.3, -0.25) is 0 Å². The molecule has 0 saturated carbocycles. The van der Waals surface area contributed by atoms with Crippen LogP contribution in [0.3, 0.4) is 0 Å². The van der Waals surface area contributed by atoms with Crippen LogP contribution < -0.4 is 88.7 Å². The second-order valence-corrected chi connectivity index (χ2v) is 9.00. The van der Waals surface area contributed by atoms with Gasteiger partial charge in [0.05, 0.1) is 37.0 Å². The molecule has 0 unspecified atom stereocenters. The molecule has 0 radical (unpaired) electrons. The smallest absolute Gasteiger partial charge is 0.748 e. The van der Waals surface area contributed by atoms with Crippen molar-refractivity contribution in [2.45, 2.75) is 6.92 Å². The van der Waals surface area contributed by atoms with Crippen molar-refractivity contribution in [1.82, 2.24) is 0 Å². The van der Waals surface area contributed by atoms with E-state index in [9.17, 15) is 38.9 Å². The zero-order chi connectivity index (χ0) is 18.5. The first-order chi connectivity index (χ1) is 10.1. The minimum absolute atomic E-state index is 0. The zero-order valence-corrected chi connectivity index (χ0v) is 23.4. The van der Waals surface area contributed by atoms with Crippen LogP contribution in [-0.2, 0) is 35.1 Å². The third-order valence-electron chi connectivity index (χ3n) is 2.48. The predicted octanol–water partition coefficient (Wildman–Crippen LogP) is -10.3. The summed E-state index contributed by atoms with van der Waals surface area (Å²) in [4.78, 5) is 0. The second kappa shape index (κ2) is 14.1. The van der Waals surface area contributed by atoms with Gasteiger partial charge < -0.3 is 18.4 Å². The summed E-state index contributed by atoms with van der Waals surface area (Å²) >= 11 is 0. The largest absolute Gasteiger partial charge is 1.00 e. The van der Waals surface area contributed by atoms with E-state index in [4.69, 9.17) is 4.74 Å². The van der Waals surface area contributed by atoms with Gasteiger partial charge in [-0.05, 0) is 19.1 Å². The standard InChI is InChI=1S/C10H18O10S3.3Na/c1-3-9(4-2)20-5-10(6-21(11,12)13,7-22(14,15)16)8-23(17,18)19;;;/h3-4H,1,5-8H2,2H3,(H,11,12,13)(H,14,15,16)(H,17,18,19);;;/q;3*+1/p-3/b9-4+;;;. The van der Waals surface area contributed by atoms with Crippen molar-refractivity contribution in [3.8, 4) is 0 Å². The second-order valence-electron chi connectivity index (χ2n) is 4.79. The van der Waals surface area contributed by atoms with E-state index < -0.39 is 59.6 Å². The van der Waals surface area contributed by atoms with E-state index in [-0.39, 0.29) is 94.4 Å². The Morgan fingerprint density at radius 1 is 0.885 bits per heavy atom. The quantitative estimate of drug-likeness (QED) is 0.131. The van der Waals surface area contributed by atoms with E-state index in [2.05, 4.69) is 6.58 Å². The third kappa shape index (κ3) is 18.1. The van der Waals surface area contributed by atoms with Crippen molar-refractivity contribution in [3.05, 3.63) is 24.5 Å². The summed E-state index contributed by atoms with van der Waals surface area (Å²) in [5.74, 6) is -4.71. The average Bonchev–Trinajstić information content (AvgIpc) is 2.22. The molecule has 0 heterocycles. The molecular formula is C10H15Na3O10S3. The molecule has 0 aromatic carbocycles. The maximum atomic E-state index is 11.0. The third-order valence-corrected chi connectivity index (χ3v) is 5.38. The van der Waals surface area contributed by atoms with Crippen molar-refractivity contribution in [2.75, 3.05) is 23.9 Å². The predicted molar refractivity (Wildman–Crippen MR) is 76.0 cm³/mol. The average molecular weight is 460 g/mol. The van der Waals surface area contributed by atoms with Crippen LogP contribution in [-0.4, -0.2) is 62.8 Å². The van der Waals surface area contributed by atoms with Crippen LogP contribution in [0.1, 0.15) is 6.92 Å². The van der Waals surface area contributed by atoms with Crippen molar-refractivity contribution in [3.63, 3.8) is 0 Å². The van der Waals surface area contributed by atoms with Crippen LogP contribution in [0.2, 0.25) is 0 Å². The van der Waals surface area contributed by atoms with Gasteiger partial charge in [0.1, 0.15) is 5.76 Å². The molecule has 0 N–H and O–H groups in total. The van der Waals surface area contributed by atoms with Gasteiger partial charge in [-0.1, -0.05) is 6.58 Å². The summed E-state index contributed by atoms with van der Waals surface area (Å²) in [6, 6.07) is 0. The first kappa shape index (κ1) is 35.4. The molecule has 0 saturated heterocycles. The van der Waals surface area contributed by atoms with Crippen molar-refractivity contribution < 1.29 is 132 Å². The first-order valence-electron chi connectivity index (χ1n) is 5.84. The van der Waals surface area contributed by atoms with Gasteiger partial charge in [0, 0.05) is 22.7 Å². The Kier molecular flexibility index (Phi) is 19.2. The van der Waals surface area contributed by atoms with Gasteiger partial charge in [-0.2, -0.15) is 0 Å².